The van der Waals surface area contributed by atoms with Crippen LogP contribution >= 0.6 is 0 Å². The van der Waals surface area contributed by atoms with Gasteiger partial charge in [0.2, 0.25) is 0 Å². The minimum absolute atomic E-state index is 0.0101. The average Bonchev–Trinajstić information content (AvgIpc) is 2.60. The zero-order valence-electron chi connectivity index (χ0n) is 7.79. The number of carbonyl (C=O) groups excluding carboxylic acids is 2. The molecule has 2 bridgehead atoms. The molecule has 3 unspecified atom stereocenters. The van der Waals surface area contributed by atoms with Crippen LogP contribution in [0.2, 0.25) is 0 Å². The highest BCUT2D eigenvalue weighted by Gasteiger charge is 2.51. The molecule has 3 atom stereocenters. The van der Waals surface area contributed by atoms with E-state index >= 15 is 0 Å². The summed E-state index contributed by atoms with van der Waals surface area (Å²) >= 11 is 0. The van der Waals surface area contributed by atoms with Crippen LogP contribution in [0, 0.1) is 17.8 Å². The lowest BCUT2D eigenvalue weighted by Gasteiger charge is -2.11. The van der Waals surface area contributed by atoms with E-state index < -0.39 is 0 Å². The van der Waals surface area contributed by atoms with Gasteiger partial charge in [0.05, 0.1) is 12.5 Å². The summed E-state index contributed by atoms with van der Waals surface area (Å²) in [6.45, 7) is 2.22. The minimum Gasteiger partial charge on any atom is -0.466 e. The lowest BCUT2D eigenvalue weighted by Crippen LogP contribution is -2.23. The molecule has 2 aliphatic carbocycles. The molecular formula is C10H14O3. The Hall–Kier alpha value is -0.860. The van der Waals surface area contributed by atoms with Crippen molar-refractivity contribution in [1.29, 1.82) is 0 Å². The van der Waals surface area contributed by atoms with Crippen molar-refractivity contribution < 1.29 is 14.3 Å². The van der Waals surface area contributed by atoms with Crippen molar-refractivity contribution in [3.63, 3.8) is 0 Å². The maximum Gasteiger partial charge on any atom is 0.309 e. The predicted molar refractivity (Wildman–Crippen MR) is 46.0 cm³/mol. The number of hydrogen-bond donors (Lipinski definition) is 0. The van der Waals surface area contributed by atoms with Crippen molar-refractivity contribution in [1.82, 2.24) is 0 Å². The van der Waals surface area contributed by atoms with Gasteiger partial charge < -0.3 is 4.74 Å². The van der Waals surface area contributed by atoms with Crippen molar-refractivity contribution in [3.05, 3.63) is 0 Å². The Labute approximate surface area is 77.4 Å². The van der Waals surface area contributed by atoms with Gasteiger partial charge >= 0.3 is 5.97 Å². The summed E-state index contributed by atoms with van der Waals surface area (Å²) in [4.78, 5) is 22.8. The molecule has 0 aromatic carbocycles. The van der Waals surface area contributed by atoms with E-state index in [0.717, 1.165) is 12.8 Å². The van der Waals surface area contributed by atoms with E-state index in [1.165, 1.54) is 0 Å². The fraction of sp³-hybridized carbons (Fsp3) is 0.800. The van der Waals surface area contributed by atoms with Gasteiger partial charge in [-0.3, -0.25) is 9.59 Å². The largest absolute Gasteiger partial charge is 0.466 e. The highest BCUT2D eigenvalue weighted by atomic mass is 16.5. The fourth-order valence-electron chi connectivity index (χ4n) is 2.68. The van der Waals surface area contributed by atoms with Gasteiger partial charge in [-0.15, -0.1) is 0 Å². The Morgan fingerprint density at radius 2 is 2.31 bits per heavy atom. The first kappa shape index (κ1) is 8.73. The normalized spacial score (nSPS) is 36.7. The Bertz CT molecular complexity index is 247. The predicted octanol–water partition coefficient (Wildman–Crippen LogP) is 1.16. The number of carbonyl (C=O) groups is 2. The molecule has 0 amide bonds. The smallest absolute Gasteiger partial charge is 0.309 e. The quantitative estimate of drug-likeness (QED) is 0.602. The number of hydrogen-bond acceptors (Lipinski definition) is 3. The van der Waals surface area contributed by atoms with E-state index in [1.807, 2.05) is 0 Å². The number of fused-ring (bicyclic) bond motifs is 2. The van der Waals surface area contributed by atoms with E-state index in [9.17, 15) is 9.59 Å². The average molecular weight is 182 g/mol. The van der Waals surface area contributed by atoms with Crippen molar-refractivity contribution in [2.45, 2.75) is 26.2 Å². The summed E-state index contributed by atoms with van der Waals surface area (Å²) in [5.74, 6) is 0.295. The number of ether oxygens (including phenoxy) is 1. The van der Waals surface area contributed by atoms with E-state index in [4.69, 9.17) is 4.74 Å². The van der Waals surface area contributed by atoms with Crippen LogP contribution in [0.1, 0.15) is 26.2 Å². The first-order valence-corrected chi connectivity index (χ1v) is 4.93. The zero-order chi connectivity index (χ0) is 9.42. The number of esters is 1. The van der Waals surface area contributed by atoms with Crippen LogP contribution < -0.4 is 0 Å². The molecule has 13 heavy (non-hydrogen) atoms. The van der Waals surface area contributed by atoms with Gasteiger partial charge in [0.25, 0.3) is 0 Å². The van der Waals surface area contributed by atoms with Crippen molar-refractivity contribution in [2.75, 3.05) is 6.61 Å². The second kappa shape index (κ2) is 3.13. The Morgan fingerprint density at radius 3 is 2.77 bits per heavy atom. The summed E-state index contributed by atoms with van der Waals surface area (Å²) in [5.41, 5.74) is 0. The highest BCUT2D eigenvalue weighted by molar-refractivity contribution is 5.91. The molecule has 2 saturated carbocycles. The standard InChI is InChI=1S/C10H14O3/c1-2-13-10(12)9-6-3-4-7(9)8(11)5-6/h6-7,9H,2-5H2,1H3. The maximum atomic E-state index is 11.5. The van der Waals surface area contributed by atoms with Crippen LogP contribution in [0.25, 0.3) is 0 Å². The van der Waals surface area contributed by atoms with E-state index in [2.05, 4.69) is 0 Å². The fourth-order valence-corrected chi connectivity index (χ4v) is 2.68. The van der Waals surface area contributed by atoms with Crippen LogP contribution in [0.4, 0.5) is 0 Å². The van der Waals surface area contributed by atoms with Crippen LogP contribution in [0.15, 0.2) is 0 Å². The number of Topliss-reactive ketones (excluding diaryl/α,β-unsaturated/α-hetero) is 1. The summed E-state index contributed by atoms with van der Waals surface area (Å²) in [6.07, 6.45) is 2.53. The van der Waals surface area contributed by atoms with E-state index in [-0.39, 0.29) is 29.5 Å². The molecule has 0 spiro atoms. The second-order valence-electron chi connectivity index (χ2n) is 3.89. The molecule has 2 aliphatic rings. The van der Waals surface area contributed by atoms with Gasteiger partial charge in [-0.1, -0.05) is 0 Å². The topological polar surface area (TPSA) is 43.4 Å². The van der Waals surface area contributed by atoms with Gasteiger partial charge in [-0.2, -0.15) is 0 Å². The lowest BCUT2D eigenvalue weighted by atomic mass is 9.98. The lowest BCUT2D eigenvalue weighted by molar-refractivity contribution is -0.150. The van der Waals surface area contributed by atoms with Gasteiger partial charge in [0.15, 0.2) is 0 Å². The number of rotatable bonds is 2. The van der Waals surface area contributed by atoms with Crippen molar-refractivity contribution >= 4 is 11.8 Å². The first-order chi connectivity index (χ1) is 6.24. The molecule has 0 saturated heterocycles. The molecular weight excluding hydrogens is 168 g/mol. The third-order valence-electron chi connectivity index (χ3n) is 3.23. The van der Waals surface area contributed by atoms with Crippen LogP contribution in [0.3, 0.4) is 0 Å². The van der Waals surface area contributed by atoms with Crippen molar-refractivity contribution in [3.8, 4) is 0 Å². The third kappa shape index (κ3) is 1.26. The van der Waals surface area contributed by atoms with Crippen molar-refractivity contribution in [2.24, 2.45) is 17.8 Å². The molecule has 2 rings (SSSR count). The molecule has 0 aliphatic heterocycles. The van der Waals surface area contributed by atoms with Gasteiger partial charge in [0.1, 0.15) is 5.78 Å². The second-order valence-corrected chi connectivity index (χ2v) is 3.89. The summed E-state index contributed by atoms with van der Waals surface area (Å²) in [6, 6.07) is 0. The minimum atomic E-state index is -0.152. The Balaban J connectivity index is 2.09. The molecule has 72 valence electrons. The maximum absolute atomic E-state index is 11.5. The molecule has 0 aromatic heterocycles. The Kier molecular flexibility index (Phi) is 2.10. The number of ketones is 1. The van der Waals surface area contributed by atoms with Crippen LogP contribution in [0.5, 0.6) is 0 Å². The molecule has 3 heteroatoms. The van der Waals surface area contributed by atoms with E-state index in [0.29, 0.717) is 13.0 Å². The molecule has 2 fully saturated rings. The molecule has 0 heterocycles. The monoisotopic (exact) mass is 182 g/mol. The zero-order valence-corrected chi connectivity index (χ0v) is 7.79. The SMILES string of the molecule is CCOC(=O)C1C2CCC1C(=O)C2. The van der Waals surface area contributed by atoms with Gasteiger partial charge in [0, 0.05) is 12.3 Å². The summed E-state index contributed by atoms with van der Waals surface area (Å²) in [5, 5.41) is 0. The van der Waals surface area contributed by atoms with Gasteiger partial charge in [-0.25, -0.2) is 0 Å². The molecule has 3 nitrogen and oxygen atoms in total. The van der Waals surface area contributed by atoms with Crippen LogP contribution in [-0.4, -0.2) is 18.4 Å². The first-order valence-electron chi connectivity index (χ1n) is 4.93. The Morgan fingerprint density at radius 1 is 1.54 bits per heavy atom. The third-order valence-corrected chi connectivity index (χ3v) is 3.23. The molecule has 0 N–H and O–H groups in total. The van der Waals surface area contributed by atoms with Crippen LogP contribution in [-0.2, 0) is 14.3 Å². The molecule has 0 radical (unpaired) electrons. The van der Waals surface area contributed by atoms with E-state index in [1.54, 1.807) is 6.92 Å². The summed E-state index contributed by atoms with van der Waals surface area (Å²) in [7, 11) is 0. The molecule has 0 aromatic rings. The summed E-state index contributed by atoms with van der Waals surface area (Å²) < 4.78 is 4.96. The highest BCUT2D eigenvalue weighted by Crippen LogP contribution is 2.47. The van der Waals surface area contributed by atoms with Gasteiger partial charge in [-0.05, 0) is 25.7 Å².